The summed E-state index contributed by atoms with van der Waals surface area (Å²) in [5.74, 6) is 1.52. The Kier molecular flexibility index (Phi) is 5.27. The van der Waals surface area contributed by atoms with Crippen molar-refractivity contribution in [3.63, 3.8) is 0 Å². The molecule has 0 aliphatic heterocycles. The Balaban J connectivity index is 2.10. The molecule has 0 fully saturated rings. The van der Waals surface area contributed by atoms with Crippen molar-refractivity contribution in [1.29, 1.82) is 0 Å². The van der Waals surface area contributed by atoms with Gasteiger partial charge in [-0.15, -0.1) is 0 Å². The highest BCUT2D eigenvalue weighted by atomic mass is 32.2. The van der Waals surface area contributed by atoms with Crippen LogP contribution in [0.4, 0.5) is 0 Å². The molecule has 0 radical (unpaired) electrons. The van der Waals surface area contributed by atoms with Crippen LogP contribution in [0.2, 0.25) is 0 Å². The van der Waals surface area contributed by atoms with E-state index in [1.807, 2.05) is 76.2 Å². The van der Waals surface area contributed by atoms with Gasteiger partial charge in [0.05, 0.1) is 6.21 Å². The quantitative estimate of drug-likeness (QED) is 0.608. The molecule has 2 rings (SSSR count). The van der Waals surface area contributed by atoms with E-state index in [1.165, 1.54) is 5.56 Å². The first-order valence-electron chi connectivity index (χ1n) is 7.15. The minimum atomic E-state index is -1.26. The lowest BCUT2D eigenvalue weighted by atomic mass is 10.2. The molecule has 2 aromatic rings. The third-order valence-corrected chi connectivity index (χ3v) is 4.28. The van der Waals surface area contributed by atoms with Crippen molar-refractivity contribution in [2.24, 2.45) is 4.40 Å². The molecule has 2 aromatic carbocycles. The Morgan fingerprint density at radius 3 is 2.36 bits per heavy atom. The predicted molar refractivity (Wildman–Crippen MR) is 93.2 cm³/mol. The Labute approximate surface area is 135 Å². The van der Waals surface area contributed by atoms with Crippen LogP contribution in [0.15, 0.2) is 52.9 Å². The summed E-state index contributed by atoms with van der Waals surface area (Å²) in [5.41, 5.74) is 2.06. The van der Waals surface area contributed by atoms with Crippen molar-refractivity contribution < 1.29 is 9.29 Å². The molecule has 0 bridgehead atoms. The first kappa shape index (κ1) is 16.6. The highest BCUT2D eigenvalue weighted by Crippen LogP contribution is 2.22. The second-order valence-corrected chi connectivity index (χ2v) is 8.02. The number of rotatable bonds is 4. The number of hydrogen-bond donors (Lipinski definition) is 0. The molecule has 3 nitrogen and oxygen atoms in total. The molecular formula is C18H21NO2S. The molecule has 0 spiro atoms. The van der Waals surface area contributed by atoms with Gasteiger partial charge in [0.25, 0.3) is 0 Å². The Morgan fingerprint density at radius 2 is 1.73 bits per heavy atom. The maximum absolute atomic E-state index is 11.9. The third kappa shape index (κ3) is 4.90. The van der Waals surface area contributed by atoms with Crippen molar-refractivity contribution >= 4 is 17.6 Å². The molecule has 0 aliphatic carbocycles. The zero-order valence-corrected chi connectivity index (χ0v) is 14.2. The van der Waals surface area contributed by atoms with E-state index in [-0.39, 0.29) is 4.75 Å². The highest BCUT2D eigenvalue weighted by molar-refractivity contribution is 7.91. The summed E-state index contributed by atoms with van der Waals surface area (Å²) >= 11 is -1.26. The Hall–Kier alpha value is -1.78. The lowest BCUT2D eigenvalue weighted by Crippen LogP contribution is -2.25. The van der Waals surface area contributed by atoms with E-state index in [9.17, 15) is 4.55 Å². The number of aryl methyl sites for hydroxylation is 1. The first-order chi connectivity index (χ1) is 10.3. The SMILES string of the molecule is Cc1ccc(Oc2cccc(C=N[S+]([O-])C(C)(C)C)c2)cc1. The van der Waals surface area contributed by atoms with E-state index in [4.69, 9.17) is 4.74 Å². The minimum Gasteiger partial charge on any atom is -0.591 e. The Bertz CT molecular complexity index is 645. The van der Waals surface area contributed by atoms with Crippen molar-refractivity contribution in [2.45, 2.75) is 32.4 Å². The molecular weight excluding hydrogens is 294 g/mol. The summed E-state index contributed by atoms with van der Waals surface area (Å²) in [4.78, 5) is 0. The van der Waals surface area contributed by atoms with Gasteiger partial charge in [-0.3, -0.25) is 0 Å². The summed E-state index contributed by atoms with van der Waals surface area (Å²) in [6, 6.07) is 15.5. The monoisotopic (exact) mass is 315 g/mol. The summed E-state index contributed by atoms with van der Waals surface area (Å²) < 4.78 is 21.5. The molecule has 0 saturated heterocycles. The van der Waals surface area contributed by atoms with Gasteiger partial charge in [-0.05, 0) is 52.0 Å². The van der Waals surface area contributed by atoms with E-state index in [2.05, 4.69) is 4.40 Å². The minimum absolute atomic E-state index is 0.355. The smallest absolute Gasteiger partial charge is 0.144 e. The summed E-state index contributed by atoms with van der Waals surface area (Å²) in [6.07, 6.45) is 1.63. The summed E-state index contributed by atoms with van der Waals surface area (Å²) in [5, 5.41) is 0. The molecule has 0 amide bonds. The number of ether oxygens (including phenoxy) is 1. The van der Waals surface area contributed by atoms with Crippen molar-refractivity contribution in [2.75, 3.05) is 0 Å². The van der Waals surface area contributed by atoms with Crippen LogP contribution in [0.1, 0.15) is 31.9 Å². The first-order valence-corrected chi connectivity index (χ1v) is 8.26. The fourth-order valence-corrected chi connectivity index (χ4v) is 2.20. The average molecular weight is 315 g/mol. The highest BCUT2D eigenvalue weighted by Gasteiger charge is 2.25. The molecule has 0 aromatic heterocycles. The molecule has 0 aliphatic rings. The maximum Gasteiger partial charge on any atom is 0.144 e. The second kappa shape index (κ2) is 6.99. The number of nitrogens with zero attached hydrogens (tertiary/aromatic N) is 1. The van der Waals surface area contributed by atoms with Crippen LogP contribution >= 0.6 is 0 Å². The van der Waals surface area contributed by atoms with Gasteiger partial charge in [0, 0.05) is 5.56 Å². The summed E-state index contributed by atoms with van der Waals surface area (Å²) in [7, 11) is 0. The molecule has 22 heavy (non-hydrogen) atoms. The van der Waals surface area contributed by atoms with Crippen LogP contribution in [0.3, 0.4) is 0 Å². The van der Waals surface area contributed by atoms with Gasteiger partial charge >= 0.3 is 0 Å². The van der Waals surface area contributed by atoms with Gasteiger partial charge < -0.3 is 9.29 Å². The fraction of sp³-hybridized carbons (Fsp3) is 0.278. The van der Waals surface area contributed by atoms with Crippen LogP contribution in [0.5, 0.6) is 11.5 Å². The van der Waals surface area contributed by atoms with E-state index in [1.54, 1.807) is 6.21 Å². The zero-order valence-electron chi connectivity index (χ0n) is 13.4. The second-order valence-electron chi connectivity index (χ2n) is 6.08. The molecule has 0 heterocycles. The van der Waals surface area contributed by atoms with E-state index in [0.29, 0.717) is 0 Å². The van der Waals surface area contributed by atoms with Gasteiger partial charge in [-0.25, -0.2) is 0 Å². The number of hydrogen-bond acceptors (Lipinski definition) is 3. The topological polar surface area (TPSA) is 44.6 Å². The normalized spacial score (nSPS) is 13.3. The molecule has 0 N–H and O–H groups in total. The van der Waals surface area contributed by atoms with Crippen molar-refractivity contribution in [1.82, 2.24) is 0 Å². The molecule has 116 valence electrons. The van der Waals surface area contributed by atoms with Gasteiger partial charge in [0.1, 0.15) is 27.6 Å². The number of benzene rings is 2. The lowest BCUT2D eigenvalue weighted by molar-refractivity contribution is 0.482. The van der Waals surface area contributed by atoms with Gasteiger partial charge in [0.15, 0.2) is 0 Å². The van der Waals surface area contributed by atoms with Crippen LogP contribution in [-0.2, 0) is 11.4 Å². The summed E-state index contributed by atoms with van der Waals surface area (Å²) in [6.45, 7) is 7.74. The van der Waals surface area contributed by atoms with Crippen LogP contribution in [0.25, 0.3) is 0 Å². The van der Waals surface area contributed by atoms with E-state index in [0.717, 1.165) is 17.1 Å². The maximum atomic E-state index is 11.9. The van der Waals surface area contributed by atoms with Crippen molar-refractivity contribution in [3.05, 3.63) is 59.7 Å². The largest absolute Gasteiger partial charge is 0.591 e. The van der Waals surface area contributed by atoms with Gasteiger partial charge in [0.2, 0.25) is 0 Å². The van der Waals surface area contributed by atoms with Crippen molar-refractivity contribution in [3.8, 4) is 11.5 Å². The van der Waals surface area contributed by atoms with Gasteiger partial charge in [-0.1, -0.05) is 34.2 Å². The lowest BCUT2D eigenvalue weighted by Gasteiger charge is -2.17. The van der Waals surface area contributed by atoms with Crippen LogP contribution in [-0.4, -0.2) is 15.5 Å². The molecule has 4 heteroatoms. The van der Waals surface area contributed by atoms with E-state index < -0.39 is 11.4 Å². The Morgan fingerprint density at radius 1 is 1.05 bits per heavy atom. The van der Waals surface area contributed by atoms with Crippen LogP contribution < -0.4 is 4.74 Å². The van der Waals surface area contributed by atoms with Crippen LogP contribution in [0, 0.1) is 6.92 Å². The average Bonchev–Trinajstić information content (AvgIpc) is 2.46. The third-order valence-electron chi connectivity index (χ3n) is 2.94. The van der Waals surface area contributed by atoms with Gasteiger partial charge in [-0.2, -0.15) is 0 Å². The zero-order chi connectivity index (χ0) is 16.2. The fourth-order valence-electron chi connectivity index (χ4n) is 1.67. The predicted octanol–water partition coefficient (Wildman–Crippen LogP) is 4.67. The standard InChI is InChI=1S/C18H21NO2S/c1-14-8-10-16(11-9-14)21-17-7-5-6-15(12-17)13-19-22(20)18(2,3)4/h5-13H,1-4H3. The molecule has 1 unspecified atom stereocenters. The van der Waals surface area contributed by atoms with E-state index >= 15 is 0 Å². The molecule has 1 atom stereocenters. The molecule has 0 saturated carbocycles.